The Kier molecular flexibility index (Phi) is 10.2. The molecule has 0 saturated carbocycles. The van der Waals surface area contributed by atoms with Crippen LogP contribution in [0.25, 0.3) is 22.5 Å². The van der Waals surface area contributed by atoms with Gasteiger partial charge in [-0.15, -0.1) is 0 Å². The lowest BCUT2D eigenvalue weighted by Crippen LogP contribution is -2.41. The van der Waals surface area contributed by atoms with Crippen LogP contribution >= 0.6 is 11.6 Å². The van der Waals surface area contributed by atoms with Crippen molar-refractivity contribution in [3.8, 4) is 22.5 Å². The number of benzene rings is 2. The number of carbonyl (C=O) groups is 1. The summed E-state index contributed by atoms with van der Waals surface area (Å²) in [5.74, 6) is -1.17. The van der Waals surface area contributed by atoms with Crippen LogP contribution in [0, 0.1) is 18.6 Å². The number of nitrogens with zero attached hydrogens (tertiary/aromatic N) is 7. The zero-order valence-corrected chi connectivity index (χ0v) is 28.8. The van der Waals surface area contributed by atoms with Gasteiger partial charge in [-0.25, -0.2) is 38.7 Å². The molecule has 0 radical (unpaired) electrons. The van der Waals surface area contributed by atoms with Crippen LogP contribution in [0.4, 0.5) is 31.9 Å². The molecule has 0 fully saturated rings. The Morgan fingerprint density at radius 1 is 0.863 bits per heavy atom. The highest BCUT2D eigenvalue weighted by atomic mass is 35.5. The number of aromatic nitrogens is 6. The molecule has 4 N–H and O–H groups in total. The van der Waals surface area contributed by atoms with Gasteiger partial charge in [0.15, 0.2) is 17.5 Å². The molecule has 6 aromatic rings. The quantitative estimate of drug-likeness (QED) is 0.0950. The normalized spacial score (nSPS) is 11.7. The molecule has 0 saturated heterocycles. The lowest BCUT2D eigenvalue weighted by Gasteiger charge is -2.29. The zero-order valence-electron chi connectivity index (χ0n) is 28.1. The minimum Gasteiger partial charge on any atom is -0.357 e. The number of halogens is 3. The number of amides is 1. The number of anilines is 4. The monoisotopic (exact) mass is 706 g/mol. The minimum atomic E-state index is -1.25. The van der Waals surface area contributed by atoms with Crippen LogP contribution in [-0.4, -0.2) is 42.9 Å². The predicted molar refractivity (Wildman–Crippen MR) is 194 cm³/mol. The van der Waals surface area contributed by atoms with Crippen LogP contribution in [0.3, 0.4) is 0 Å². The smallest absolute Gasteiger partial charge is 0.260 e. The van der Waals surface area contributed by atoms with E-state index in [-0.39, 0.29) is 45.4 Å². The summed E-state index contributed by atoms with van der Waals surface area (Å²) in [6.45, 7) is 5.93. The fourth-order valence-corrected chi connectivity index (χ4v) is 5.57. The molecule has 0 aliphatic heterocycles. The Labute approximate surface area is 298 Å². The molecule has 14 heteroatoms. The summed E-state index contributed by atoms with van der Waals surface area (Å²) in [6, 6.07) is 19.1. The lowest BCUT2D eigenvalue weighted by atomic mass is 10.0. The highest BCUT2D eigenvalue weighted by Gasteiger charge is 2.29. The van der Waals surface area contributed by atoms with Gasteiger partial charge < -0.3 is 16.4 Å². The van der Waals surface area contributed by atoms with Gasteiger partial charge in [0.2, 0.25) is 5.95 Å². The van der Waals surface area contributed by atoms with Gasteiger partial charge in [-0.1, -0.05) is 43.6 Å². The third kappa shape index (κ3) is 7.35. The van der Waals surface area contributed by atoms with Gasteiger partial charge in [-0.2, -0.15) is 0 Å². The SMILES string of the molecule is CNc1ncc(F)c(-c2cccnc2Nc2cc(C(=O)N(c3cccc(C(C)C)c3)C(N)c3ncc(F)c(-c4cccnc4Cl)n3)ccc2C)n1. The maximum atomic E-state index is 15.1. The van der Waals surface area contributed by atoms with Crippen molar-refractivity contribution >= 4 is 40.6 Å². The first-order valence-electron chi connectivity index (χ1n) is 15.9. The van der Waals surface area contributed by atoms with Gasteiger partial charge in [-0.3, -0.25) is 9.69 Å². The first-order chi connectivity index (χ1) is 24.5. The van der Waals surface area contributed by atoms with Crippen molar-refractivity contribution in [2.75, 3.05) is 22.6 Å². The first kappa shape index (κ1) is 34.9. The molecule has 1 atom stereocenters. The Bertz CT molecular complexity index is 2240. The molecule has 4 heterocycles. The standard InChI is InChI=1S/C37H33ClF2N10O/c1-20(2)22-8-5-9-24(16-22)50(33(41)35-45-18-27(39)30(48-35)25-10-6-14-43-32(25)38)36(51)23-13-12-21(3)29(17-23)47-34-26(11-7-15-44-34)31-28(40)19-46-37(42-4)49-31/h5-20,33H,41H2,1-4H3,(H,44,47)(H,42,46,49). The van der Waals surface area contributed by atoms with Gasteiger partial charge >= 0.3 is 0 Å². The number of rotatable bonds is 10. The van der Waals surface area contributed by atoms with Crippen molar-refractivity contribution < 1.29 is 13.6 Å². The summed E-state index contributed by atoms with van der Waals surface area (Å²) in [5, 5.41) is 6.12. The van der Waals surface area contributed by atoms with E-state index in [1.54, 1.807) is 61.8 Å². The highest BCUT2D eigenvalue weighted by molar-refractivity contribution is 6.32. The summed E-state index contributed by atoms with van der Waals surface area (Å²) in [6.07, 6.45) is 3.86. The maximum Gasteiger partial charge on any atom is 0.260 e. The van der Waals surface area contributed by atoms with Crippen LogP contribution in [-0.2, 0) is 0 Å². The second kappa shape index (κ2) is 14.9. The largest absolute Gasteiger partial charge is 0.357 e. The van der Waals surface area contributed by atoms with Crippen LogP contribution in [0.1, 0.15) is 53.2 Å². The molecule has 0 aliphatic rings. The van der Waals surface area contributed by atoms with Gasteiger partial charge in [0.05, 0.1) is 12.4 Å². The number of pyridine rings is 2. The van der Waals surface area contributed by atoms with Crippen molar-refractivity contribution in [2.45, 2.75) is 32.9 Å². The van der Waals surface area contributed by atoms with Gasteiger partial charge in [0.25, 0.3) is 5.91 Å². The molecule has 11 nitrogen and oxygen atoms in total. The van der Waals surface area contributed by atoms with E-state index >= 15 is 4.39 Å². The molecule has 0 spiro atoms. The van der Waals surface area contributed by atoms with E-state index < -0.39 is 23.7 Å². The summed E-state index contributed by atoms with van der Waals surface area (Å²) >= 11 is 6.28. The van der Waals surface area contributed by atoms with Crippen LogP contribution in [0.5, 0.6) is 0 Å². The topological polar surface area (TPSA) is 148 Å². The number of hydrogen-bond acceptors (Lipinski definition) is 10. The fourth-order valence-electron chi connectivity index (χ4n) is 5.36. The second-order valence-electron chi connectivity index (χ2n) is 11.8. The lowest BCUT2D eigenvalue weighted by molar-refractivity contribution is 0.0976. The zero-order chi connectivity index (χ0) is 36.2. The number of aryl methyl sites for hydroxylation is 1. The molecule has 2 aromatic carbocycles. The van der Waals surface area contributed by atoms with E-state index in [1.807, 2.05) is 39.0 Å². The van der Waals surface area contributed by atoms with Crippen LogP contribution in [0.2, 0.25) is 5.15 Å². The Morgan fingerprint density at radius 2 is 1.57 bits per heavy atom. The Hall–Kier alpha value is -5.92. The summed E-state index contributed by atoms with van der Waals surface area (Å²) < 4.78 is 30.0. The van der Waals surface area contributed by atoms with E-state index in [4.69, 9.17) is 17.3 Å². The van der Waals surface area contributed by atoms with Crippen LogP contribution < -0.4 is 21.3 Å². The third-order valence-electron chi connectivity index (χ3n) is 8.12. The third-order valence-corrected chi connectivity index (χ3v) is 8.42. The average Bonchev–Trinajstić information content (AvgIpc) is 3.13. The van der Waals surface area contributed by atoms with Crippen molar-refractivity contribution in [3.05, 3.63) is 131 Å². The van der Waals surface area contributed by atoms with E-state index in [0.29, 0.717) is 22.8 Å². The molecule has 6 rings (SSSR count). The summed E-state index contributed by atoms with van der Waals surface area (Å²) in [7, 11) is 1.64. The number of hydrogen-bond donors (Lipinski definition) is 3. The Balaban J connectivity index is 1.42. The highest BCUT2D eigenvalue weighted by Crippen LogP contribution is 2.34. The second-order valence-corrected chi connectivity index (χ2v) is 12.2. The molecule has 258 valence electrons. The molecule has 1 unspecified atom stereocenters. The summed E-state index contributed by atoms with van der Waals surface area (Å²) in [5.41, 5.74) is 10.4. The molecule has 4 aromatic heterocycles. The molecular weight excluding hydrogens is 674 g/mol. The first-order valence-corrected chi connectivity index (χ1v) is 16.3. The fraction of sp³-hybridized carbons (Fsp3) is 0.162. The molecule has 0 aliphatic carbocycles. The summed E-state index contributed by atoms with van der Waals surface area (Å²) in [4.78, 5) is 41.3. The van der Waals surface area contributed by atoms with Crippen molar-refractivity contribution in [3.63, 3.8) is 0 Å². The maximum absolute atomic E-state index is 15.1. The van der Waals surface area contributed by atoms with E-state index in [2.05, 4.69) is 40.5 Å². The van der Waals surface area contributed by atoms with Crippen molar-refractivity contribution in [2.24, 2.45) is 5.73 Å². The predicted octanol–water partition coefficient (Wildman–Crippen LogP) is 7.84. The molecule has 0 bridgehead atoms. The molecule has 51 heavy (non-hydrogen) atoms. The molecule has 1 amide bonds. The average molecular weight is 707 g/mol. The van der Waals surface area contributed by atoms with Gasteiger partial charge in [0, 0.05) is 47.5 Å². The van der Waals surface area contributed by atoms with Gasteiger partial charge in [0.1, 0.15) is 28.5 Å². The van der Waals surface area contributed by atoms with Gasteiger partial charge in [-0.05, 0) is 72.5 Å². The minimum absolute atomic E-state index is 0.0222. The van der Waals surface area contributed by atoms with E-state index in [9.17, 15) is 9.18 Å². The van der Waals surface area contributed by atoms with Crippen molar-refractivity contribution in [1.82, 2.24) is 29.9 Å². The number of nitrogens with one attached hydrogen (secondary N) is 2. The number of nitrogens with two attached hydrogens (primary N) is 1. The van der Waals surface area contributed by atoms with Crippen LogP contribution in [0.15, 0.2) is 91.5 Å². The molecular formula is C37H33ClF2N10O. The Morgan fingerprint density at radius 3 is 2.29 bits per heavy atom. The van der Waals surface area contributed by atoms with E-state index in [0.717, 1.165) is 23.5 Å². The van der Waals surface area contributed by atoms with E-state index in [1.165, 1.54) is 11.1 Å². The number of carbonyl (C=O) groups excluding carboxylic acids is 1. The van der Waals surface area contributed by atoms with Crippen molar-refractivity contribution in [1.29, 1.82) is 0 Å².